The van der Waals surface area contributed by atoms with Gasteiger partial charge in [-0.3, -0.25) is 4.79 Å². The second-order valence-corrected chi connectivity index (χ2v) is 6.45. The largest absolute Gasteiger partial charge is 0.497 e. The van der Waals surface area contributed by atoms with Crippen LogP contribution in [0.2, 0.25) is 0 Å². The van der Waals surface area contributed by atoms with Crippen LogP contribution in [0.1, 0.15) is 26.3 Å². The molecule has 0 fully saturated rings. The van der Waals surface area contributed by atoms with Crippen molar-refractivity contribution in [2.45, 2.75) is 0 Å². The number of esters is 1. The molecule has 3 rings (SSSR count). The smallest absolute Gasteiger partial charge is 0.343 e. The fourth-order valence-corrected chi connectivity index (χ4v) is 2.81. The van der Waals surface area contributed by atoms with Gasteiger partial charge in [0, 0.05) is 0 Å². The monoisotopic (exact) mass is 418 g/mol. The molecule has 31 heavy (non-hydrogen) atoms. The highest BCUT2D eigenvalue weighted by Crippen LogP contribution is 2.25. The number of ether oxygens (including phenoxy) is 4. The number of hydrogen-bond acceptors (Lipinski definition) is 6. The number of allylic oxidation sites excluding steroid dienone is 1. The van der Waals surface area contributed by atoms with Crippen molar-refractivity contribution < 1.29 is 28.5 Å². The van der Waals surface area contributed by atoms with E-state index in [1.54, 1.807) is 79.9 Å². The van der Waals surface area contributed by atoms with E-state index in [1.807, 2.05) is 0 Å². The molecule has 0 aliphatic rings. The number of hydrogen-bond donors (Lipinski definition) is 0. The number of carbonyl (C=O) groups is 2. The van der Waals surface area contributed by atoms with Crippen LogP contribution in [0.4, 0.5) is 0 Å². The minimum atomic E-state index is -0.466. The molecule has 3 aromatic carbocycles. The maximum Gasteiger partial charge on any atom is 0.343 e. The highest BCUT2D eigenvalue weighted by atomic mass is 16.5. The average molecular weight is 418 g/mol. The summed E-state index contributed by atoms with van der Waals surface area (Å²) in [4.78, 5) is 24.8. The third-order valence-corrected chi connectivity index (χ3v) is 4.52. The zero-order valence-corrected chi connectivity index (χ0v) is 17.5. The van der Waals surface area contributed by atoms with E-state index in [4.69, 9.17) is 18.9 Å². The van der Waals surface area contributed by atoms with Crippen LogP contribution in [0.3, 0.4) is 0 Å². The molecule has 0 aliphatic carbocycles. The lowest BCUT2D eigenvalue weighted by Crippen LogP contribution is -2.08. The molecule has 6 heteroatoms. The molecule has 0 aliphatic heterocycles. The van der Waals surface area contributed by atoms with Crippen LogP contribution in [0.5, 0.6) is 23.0 Å². The van der Waals surface area contributed by atoms with Gasteiger partial charge in [-0.2, -0.15) is 0 Å². The molecule has 0 amide bonds. The quantitative estimate of drug-likeness (QED) is 0.226. The fourth-order valence-electron chi connectivity index (χ4n) is 2.81. The van der Waals surface area contributed by atoms with Crippen molar-refractivity contribution in [1.29, 1.82) is 0 Å². The maximum absolute atomic E-state index is 12.6. The van der Waals surface area contributed by atoms with Crippen molar-refractivity contribution in [3.05, 3.63) is 89.5 Å². The van der Waals surface area contributed by atoms with E-state index < -0.39 is 5.97 Å². The lowest BCUT2D eigenvalue weighted by molar-refractivity contribution is 0.0734. The average Bonchev–Trinajstić information content (AvgIpc) is 2.82. The van der Waals surface area contributed by atoms with Crippen LogP contribution < -0.4 is 18.9 Å². The molecule has 0 aromatic heterocycles. The van der Waals surface area contributed by atoms with E-state index in [0.717, 1.165) is 5.56 Å². The Bertz CT molecular complexity index is 1080. The Morgan fingerprint density at radius 2 is 1.32 bits per heavy atom. The van der Waals surface area contributed by atoms with Gasteiger partial charge in [0.05, 0.1) is 32.5 Å². The summed E-state index contributed by atoms with van der Waals surface area (Å²) < 4.78 is 20.9. The lowest BCUT2D eigenvalue weighted by atomic mass is 10.1. The number of rotatable bonds is 8. The Balaban J connectivity index is 1.66. The van der Waals surface area contributed by atoms with Crippen LogP contribution in [0.15, 0.2) is 72.8 Å². The minimum absolute atomic E-state index is 0.217. The van der Waals surface area contributed by atoms with Gasteiger partial charge in [0.25, 0.3) is 0 Å². The summed E-state index contributed by atoms with van der Waals surface area (Å²) in [6.45, 7) is 0. The number of benzene rings is 3. The van der Waals surface area contributed by atoms with Crippen molar-refractivity contribution in [3.63, 3.8) is 0 Å². The summed E-state index contributed by atoms with van der Waals surface area (Å²) in [7, 11) is 4.60. The van der Waals surface area contributed by atoms with Gasteiger partial charge in [0.15, 0.2) is 5.78 Å². The molecule has 0 saturated heterocycles. The second kappa shape index (κ2) is 10.1. The molecule has 3 aromatic rings. The van der Waals surface area contributed by atoms with Crippen LogP contribution in [0, 0.1) is 0 Å². The first-order valence-corrected chi connectivity index (χ1v) is 9.45. The predicted octanol–water partition coefficient (Wildman–Crippen LogP) is 4.83. The summed E-state index contributed by atoms with van der Waals surface area (Å²) >= 11 is 0. The lowest BCUT2D eigenvalue weighted by Gasteiger charge is -2.08. The van der Waals surface area contributed by atoms with Gasteiger partial charge >= 0.3 is 5.97 Å². The van der Waals surface area contributed by atoms with E-state index in [9.17, 15) is 9.59 Å². The second-order valence-electron chi connectivity index (χ2n) is 6.45. The van der Waals surface area contributed by atoms with E-state index in [-0.39, 0.29) is 5.78 Å². The van der Waals surface area contributed by atoms with Crippen molar-refractivity contribution in [1.82, 2.24) is 0 Å². The van der Waals surface area contributed by atoms with Gasteiger partial charge in [-0.15, -0.1) is 0 Å². The zero-order valence-electron chi connectivity index (χ0n) is 17.5. The van der Waals surface area contributed by atoms with Gasteiger partial charge in [0.2, 0.25) is 0 Å². The highest BCUT2D eigenvalue weighted by Gasteiger charge is 2.11. The van der Waals surface area contributed by atoms with Gasteiger partial charge < -0.3 is 18.9 Å². The Morgan fingerprint density at radius 3 is 1.94 bits per heavy atom. The first-order chi connectivity index (χ1) is 15.0. The Kier molecular flexibility index (Phi) is 7.06. The summed E-state index contributed by atoms with van der Waals surface area (Å²) in [5.41, 5.74) is 1.60. The minimum Gasteiger partial charge on any atom is -0.497 e. The Labute approximate surface area is 180 Å². The van der Waals surface area contributed by atoms with Crippen molar-refractivity contribution >= 4 is 17.8 Å². The number of methoxy groups -OCH3 is 3. The van der Waals surface area contributed by atoms with Gasteiger partial charge in [-0.1, -0.05) is 18.2 Å². The van der Waals surface area contributed by atoms with Crippen LogP contribution in [0.25, 0.3) is 6.08 Å². The van der Waals surface area contributed by atoms with Gasteiger partial charge in [0.1, 0.15) is 23.0 Å². The van der Waals surface area contributed by atoms with E-state index in [2.05, 4.69) is 0 Å². The molecule has 0 heterocycles. The van der Waals surface area contributed by atoms with Gasteiger partial charge in [-0.25, -0.2) is 4.79 Å². The Morgan fingerprint density at radius 1 is 0.710 bits per heavy atom. The first-order valence-electron chi connectivity index (χ1n) is 9.45. The maximum atomic E-state index is 12.6. The molecule has 158 valence electrons. The van der Waals surface area contributed by atoms with Crippen molar-refractivity contribution in [2.24, 2.45) is 0 Å². The molecular weight excluding hydrogens is 396 g/mol. The molecular formula is C25H22O6. The first kappa shape index (κ1) is 21.6. The van der Waals surface area contributed by atoms with Crippen LogP contribution in [-0.2, 0) is 0 Å². The topological polar surface area (TPSA) is 71.1 Å². The summed E-state index contributed by atoms with van der Waals surface area (Å²) in [6, 6.07) is 18.5. The third-order valence-electron chi connectivity index (χ3n) is 4.52. The number of carbonyl (C=O) groups excluding carboxylic acids is 2. The normalized spacial score (nSPS) is 10.5. The summed E-state index contributed by atoms with van der Waals surface area (Å²) in [5, 5.41) is 0. The van der Waals surface area contributed by atoms with Crippen LogP contribution >= 0.6 is 0 Å². The number of ketones is 1. The fraction of sp³-hybridized carbons (Fsp3) is 0.120. The van der Waals surface area contributed by atoms with E-state index >= 15 is 0 Å². The third kappa shape index (κ3) is 5.51. The highest BCUT2D eigenvalue weighted by molar-refractivity contribution is 6.08. The molecule has 0 N–H and O–H groups in total. The van der Waals surface area contributed by atoms with Crippen molar-refractivity contribution in [2.75, 3.05) is 21.3 Å². The SMILES string of the molecule is COc1ccc(C(=O)Oc2ccc(C=CC(=O)c3cc(OC)ccc3OC)cc2)cc1. The zero-order chi connectivity index (χ0) is 22.2. The van der Waals surface area contributed by atoms with Crippen LogP contribution in [-0.4, -0.2) is 33.1 Å². The molecule has 0 spiro atoms. The summed E-state index contributed by atoms with van der Waals surface area (Å²) in [6.07, 6.45) is 3.13. The summed E-state index contributed by atoms with van der Waals surface area (Å²) in [5.74, 6) is 1.42. The molecule has 0 saturated carbocycles. The molecule has 0 radical (unpaired) electrons. The molecule has 0 bridgehead atoms. The van der Waals surface area contributed by atoms with Crippen molar-refractivity contribution in [3.8, 4) is 23.0 Å². The van der Waals surface area contributed by atoms with E-state index in [1.165, 1.54) is 20.3 Å². The van der Waals surface area contributed by atoms with E-state index in [0.29, 0.717) is 34.1 Å². The predicted molar refractivity (Wildman–Crippen MR) is 117 cm³/mol. The Hall–Kier alpha value is -4.06. The molecule has 0 atom stereocenters. The van der Waals surface area contributed by atoms with Gasteiger partial charge in [-0.05, 0) is 66.2 Å². The standard InChI is InChI=1S/C25H22O6/c1-28-19-11-7-18(8-12-19)25(27)31-20-9-4-17(5-10-20)6-14-23(26)22-16-21(29-2)13-15-24(22)30-3/h4-16H,1-3H3. The molecule has 6 nitrogen and oxygen atoms in total. The molecule has 0 unspecified atom stereocenters.